The molecule has 0 aliphatic rings. The predicted octanol–water partition coefficient (Wildman–Crippen LogP) is 4.01. The Morgan fingerprint density at radius 2 is 1.86 bits per heavy atom. The molecule has 3 aromatic rings. The summed E-state index contributed by atoms with van der Waals surface area (Å²) in [5.41, 5.74) is 1.58. The Hall–Kier alpha value is -2.77. The zero-order valence-corrected chi connectivity index (χ0v) is 16.7. The van der Waals surface area contributed by atoms with Gasteiger partial charge in [-0.05, 0) is 24.3 Å². The van der Waals surface area contributed by atoms with Crippen molar-refractivity contribution >= 4 is 41.1 Å². The van der Waals surface area contributed by atoms with E-state index in [9.17, 15) is 9.59 Å². The quantitative estimate of drug-likeness (QED) is 0.466. The number of esters is 1. The van der Waals surface area contributed by atoms with Crippen molar-refractivity contribution in [2.24, 2.45) is 7.05 Å². The van der Waals surface area contributed by atoms with Gasteiger partial charge in [-0.2, -0.15) is 5.10 Å². The Balaban J connectivity index is 1.49. The van der Waals surface area contributed by atoms with Gasteiger partial charge in [-0.3, -0.25) is 14.3 Å². The summed E-state index contributed by atoms with van der Waals surface area (Å²) < 4.78 is 6.58. The van der Waals surface area contributed by atoms with E-state index in [2.05, 4.69) is 10.4 Å². The monoisotopic (exact) mass is 415 g/mol. The van der Waals surface area contributed by atoms with Gasteiger partial charge >= 0.3 is 5.97 Å². The van der Waals surface area contributed by atoms with E-state index in [0.717, 1.165) is 10.5 Å². The molecular formula is C20H18ClN3O3S. The number of hydrogen-bond acceptors (Lipinski definition) is 5. The third-order valence-electron chi connectivity index (χ3n) is 3.75. The first-order chi connectivity index (χ1) is 13.5. The van der Waals surface area contributed by atoms with Gasteiger partial charge in [0.2, 0.25) is 0 Å². The summed E-state index contributed by atoms with van der Waals surface area (Å²) in [4.78, 5) is 24.9. The predicted molar refractivity (Wildman–Crippen MR) is 110 cm³/mol. The van der Waals surface area contributed by atoms with Crippen molar-refractivity contribution in [3.63, 3.8) is 0 Å². The fourth-order valence-corrected chi connectivity index (χ4v) is 3.21. The summed E-state index contributed by atoms with van der Waals surface area (Å²) in [7, 11) is 1.72. The first-order valence-corrected chi connectivity index (χ1v) is 9.81. The van der Waals surface area contributed by atoms with Crippen molar-refractivity contribution in [1.29, 1.82) is 0 Å². The van der Waals surface area contributed by atoms with Crippen molar-refractivity contribution in [3.05, 3.63) is 65.7 Å². The number of rotatable bonds is 7. The van der Waals surface area contributed by atoms with Gasteiger partial charge in [0, 0.05) is 28.6 Å². The van der Waals surface area contributed by atoms with Crippen molar-refractivity contribution in [1.82, 2.24) is 9.78 Å². The van der Waals surface area contributed by atoms with E-state index in [1.165, 1.54) is 11.8 Å². The molecule has 28 heavy (non-hydrogen) atoms. The number of nitrogens with one attached hydrogen (secondary N) is 1. The van der Waals surface area contributed by atoms with Crippen LogP contribution in [0.1, 0.15) is 0 Å². The van der Waals surface area contributed by atoms with Gasteiger partial charge in [0.15, 0.2) is 6.61 Å². The molecule has 0 aliphatic heterocycles. The molecule has 144 valence electrons. The lowest BCUT2D eigenvalue weighted by molar-refractivity contribution is -0.144. The van der Waals surface area contributed by atoms with Crippen LogP contribution in [-0.2, 0) is 21.4 Å². The van der Waals surface area contributed by atoms with Crippen LogP contribution in [0.4, 0.5) is 5.82 Å². The standard InChI is InChI=1S/C20H18ClN3O3S/c1-24-18(11-17(23-24)14-7-9-15(21)10-8-14)22-19(25)12-27-20(26)13-28-16-5-3-2-4-6-16/h2-11H,12-13H2,1H3,(H,22,25). The zero-order valence-electron chi connectivity index (χ0n) is 15.1. The largest absolute Gasteiger partial charge is 0.455 e. The summed E-state index contributed by atoms with van der Waals surface area (Å²) in [5.74, 6) is -0.228. The lowest BCUT2D eigenvalue weighted by Gasteiger charge is -2.06. The zero-order chi connectivity index (χ0) is 19.9. The molecule has 1 N–H and O–H groups in total. The molecule has 3 rings (SSSR count). The Morgan fingerprint density at radius 3 is 2.57 bits per heavy atom. The summed E-state index contributed by atoms with van der Waals surface area (Å²) in [5, 5.41) is 7.70. The number of thioether (sulfide) groups is 1. The highest BCUT2D eigenvalue weighted by Crippen LogP contribution is 2.23. The van der Waals surface area contributed by atoms with Crippen LogP contribution in [-0.4, -0.2) is 34.0 Å². The smallest absolute Gasteiger partial charge is 0.316 e. The molecule has 1 amide bonds. The van der Waals surface area contributed by atoms with Gasteiger partial charge in [0.25, 0.3) is 5.91 Å². The highest BCUT2D eigenvalue weighted by molar-refractivity contribution is 8.00. The fraction of sp³-hybridized carbons (Fsp3) is 0.150. The maximum atomic E-state index is 12.1. The molecule has 0 unspecified atom stereocenters. The molecule has 1 heterocycles. The van der Waals surface area contributed by atoms with Crippen molar-refractivity contribution in [2.45, 2.75) is 4.90 Å². The van der Waals surface area contributed by atoms with Crippen LogP contribution in [0.25, 0.3) is 11.3 Å². The number of ether oxygens (including phenoxy) is 1. The van der Waals surface area contributed by atoms with Crippen molar-refractivity contribution < 1.29 is 14.3 Å². The minimum Gasteiger partial charge on any atom is -0.455 e. The average molecular weight is 416 g/mol. The van der Waals surface area contributed by atoms with Gasteiger partial charge in [-0.15, -0.1) is 11.8 Å². The molecule has 0 saturated carbocycles. The van der Waals surface area contributed by atoms with Crippen molar-refractivity contribution in [2.75, 3.05) is 17.7 Å². The molecule has 6 nitrogen and oxygen atoms in total. The maximum Gasteiger partial charge on any atom is 0.316 e. The molecule has 0 atom stereocenters. The van der Waals surface area contributed by atoms with Gasteiger partial charge in [-0.25, -0.2) is 0 Å². The fourth-order valence-electron chi connectivity index (χ4n) is 2.37. The van der Waals surface area contributed by atoms with E-state index in [-0.39, 0.29) is 12.4 Å². The van der Waals surface area contributed by atoms with E-state index < -0.39 is 11.9 Å². The third-order valence-corrected chi connectivity index (χ3v) is 4.99. The number of anilines is 1. The highest BCUT2D eigenvalue weighted by atomic mass is 35.5. The molecule has 0 bridgehead atoms. The van der Waals surface area contributed by atoms with E-state index in [1.807, 2.05) is 42.5 Å². The molecule has 0 saturated heterocycles. The van der Waals surface area contributed by atoms with Crippen LogP contribution in [0.15, 0.2) is 65.6 Å². The van der Waals surface area contributed by atoms with Gasteiger partial charge in [-0.1, -0.05) is 41.9 Å². The Labute approximate surface area is 171 Å². The number of nitrogens with zero attached hydrogens (tertiary/aromatic N) is 2. The number of hydrogen-bond donors (Lipinski definition) is 1. The maximum absolute atomic E-state index is 12.1. The van der Waals surface area contributed by atoms with E-state index in [1.54, 1.807) is 29.9 Å². The first kappa shape index (κ1) is 20.0. The molecule has 0 aliphatic carbocycles. The normalized spacial score (nSPS) is 10.5. The SMILES string of the molecule is Cn1nc(-c2ccc(Cl)cc2)cc1NC(=O)COC(=O)CSc1ccccc1. The lowest BCUT2D eigenvalue weighted by atomic mass is 10.1. The van der Waals surface area contributed by atoms with Crippen LogP contribution < -0.4 is 5.32 Å². The van der Waals surface area contributed by atoms with E-state index in [4.69, 9.17) is 16.3 Å². The van der Waals surface area contributed by atoms with Crippen LogP contribution in [0.5, 0.6) is 0 Å². The third kappa shape index (κ3) is 5.61. The number of halogens is 1. The topological polar surface area (TPSA) is 73.2 Å². The number of carbonyl (C=O) groups excluding carboxylic acids is 2. The van der Waals surface area contributed by atoms with Gasteiger partial charge < -0.3 is 10.1 Å². The summed E-state index contributed by atoms with van der Waals surface area (Å²) in [6.07, 6.45) is 0. The Kier molecular flexibility index (Phi) is 6.73. The van der Waals surface area contributed by atoms with Gasteiger partial charge in [0.05, 0.1) is 11.4 Å². The lowest BCUT2D eigenvalue weighted by Crippen LogP contribution is -2.22. The number of carbonyl (C=O) groups is 2. The van der Waals surface area contributed by atoms with E-state index >= 15 is 0 Å². The van der Waals surface area contributed by atoms with Crippen LogP contribution in [0.2, 0.25) is 5.02 Å². The molecule has 8 heteroatoms. The second-order valence-corrected chi connectivity index (χ2v) is 7.34. The Bertz CT molecular complexity index is 959. The number of aromatic nitrogens is 2. The summed E-state index contributed by atoms with van der Waals surface area (Å²) >= 11 is 7.26. The molecule has 0 spiro atoms. The summed E-state index contributed by atoms with van der Waals surface area (Å²) in [6, 6.07) is 18.5. The molecule has 2 aromatic carbocycles. The van der Waals surface area contributed by atoms with Crippen LogP contribution >= 0.6 is 23.4 Å². The highest BCUT2D eigenvalue weighted by Gasteiger charge is 2.12. The average Bonchev–Trinajstić information content (AvgIpc) is 3.06. The van der Waals surface area contributed by atoms with Gasteiger partial charge in [0.1, 0.15) is 5.82 Å². The van der Waals surface area contributed by atoms with E-state index in [0.29, 0.717) is 16.5 Å². The number of amides is 1. The molecule has 1 aromatic heterocycles. The second-order valence-electron chi connectivity index (χ2n) is 5.86. The molecular weight excluding hydrogens is 398 g/mol. The van der Waals surface area contributed by atoms with Crippen LogP contribution in [0, 0.1) is 0 Å². The Morgan fingerprint density at radius 1 is 1.14 bits per heavy atom. The minimum atomic E-state index is -0.448. The van der Waals surface area contributed by atoms with Crippen molar-refractivity contribution in [3.8, 4) is 11.3 Å². The number of benzene rings is 2. The second kappa shape index (κ2) is 9.43. The summed E-state index contributed by atoms with van der Waals surface area (Å²) in [6.45, 7) is -0.352. The molecule has 0 fully saturated rings. The first-order valence-electron chi connectivity index (χ1n) is 8.44. The van der Waals surface area contributed by atoms with Crippen LogP contribution in [0.3, 0.4) is 0 Å². The minimum absolute atomic E-state index is 0.143. The molecule has 0 radical (unpaired) electrons. The number of aryl methyl sites for hydroxylation is 1.